The normalized spacial score (nSPS) is 17.0. The molecule has 0 saturated heterocycles. The molecule has 0 atom stereocenters. The van der Waals surface area contributed by atoms with Crippen LogP contribution in [0.3, 0.4) is 0 Å². The molecule has 1 amide bonds. The van der Waals surface area contributed by atoms with Gasteiger partial charge < -0.3 is 4.74 Å². The lowest BCUT2D eigenvalue weighted by Gasteiger charge is -2.24. The zero-order chi connectivity index (χ0) is 24.5. The lowest BCUT2D eigenvalue weighted by Crippen LogP contribution is -2.46. The number of fused-ring (bicyclic) bond motifs is 1. The molecule has 0 spiro atoms. The molecular formula is C23H20N4O5S2. The first kappa shape index (κ1) is 23.6. The average Bonchev–Trinajstić information content (AvgIpc) is 3.22. The van der Waals surface area contributed by atoms with Crippen LogP contribution in [-0.2, 0) is 14.6 Å². The Labute approximate surface area is 200 Å². The molecule has 34 heavy (non-hydrogen) atoms. The van der Waals surface area contributed by atoms with Gasteiger partial charge in [0, 0.05) is 0 Å². The maximum Gasteiger partial charge on any atom is 0.343 e. The minimum atomic E-state index is -3.77. The zero-order valence-electron chi connectivity index (χ0n) is 18.3. The number of aliphatic imine (C=N–C) groups is 1. The van der Waals surface area contributed by atoms with Gasteiger partial charge in [-0.3, -0.25) is 10.2 Å². The highest BCUT2D eigenvalue weighted by Crippen LogP contribution is 2.30. The van der Waals surface area contributed by atoms with E-state index in [9.17, 15) is 18.0 Å². The minimum absolute atomic E-state index is 0.0395. The van der Waals surface area contributed by atoms with Crippen molar-refractivity contribution >= 4 is 55.9 Å². The predicted octanol–water partition coefficient (Wildman–Crippen LogP) is 3.55. The molecule has 174 valence electrons. The number of benzene rings is 2. The van der Waals surface area contributed by atoms with E-state index >= 15 is 0 Å². The van der Waals surface area contributed by atoms with Crippen molar-refractivity contribution in [2.45, 2.75) is 13.8 Å². The first-order valence-electron chi connectivity index (χ1n) is 10.2. The molecule has 2 aliphatic rings. The number of hydrogen-bond acceptors (Lipinski definition) is 8. The molecule has 2 aromatic carbocycles. The highest BCUT2D eigenvalue weighted by atomic mass is 32.2. The Morgan fingerprint density at radius 3 is 2.47 bits per heavy atom. The summed E-state index contributed by atoms with van der Waals surface area (Å²) < 4.78 is 34.8. The van der Waals surface area contributed by atoms with Gasteiger partial charge in [-0.1, -0.05) is 44.2 Å². The van der Waals surface area contributed by atoms with E-state index < -0.39 is 21.7 Å². The molecule has 0 fully saturated rings. The number of esters is 1. The molecule has 0 bridgehead atoms. The van der Waals surface area contributed by atoms with Crippen molar-refractivity contribution in [3.63, 3.8) is 0 Å². The number of carbonyl (C=O) groups is 2. The molecule has 11 heteroatoms. The predicted molar refractivity (Wildman–Crippen MR) is 131 cm³/mol. The Morgan fingerprint density at radius 2 is 1.82 bits per heavy atom. The third-order valence-electron chi connectivity index (χ3n) is 4.74. The van der Waals surface area contributed by atoms with E-state index in [1.54, 1.807) is 68.4 Å². The SMILES string of the molecule is CC(C)CS(=O)(=O)C1=NSC2=NC(=O)/C(=C\c3ccc(OC(=O)c4ccccc4)cc3)C(=N)N21. The lowest BCUT2D eigenvalue weighted by molar-refractivity contribution is -0.114. The Hall–Kier alpha value is -3.57. The second-order valence-corrected chi connectivity index (χ2v) is 10.6. The summed E-state index contributed by atoms with van der Waals surface area (Å²) >= 11 is 0.757. The Kier molecular flexibility index (Phi) is 6.49. The van der Waals surface area contributed by atoms with Gasteiger partial charge >= 0.3 is 5.97 Å². The first-order valence-corrected chi connectivity index (χ1v) is 12.7. The van der Waals surface area contributed by atoms with Gasteiger partial charge in [0.2, 0.25) is 20.2 Å². The van der Waals surface area contributed by atoms with Gasteiger partial charge in [0.1, 0.15) is 11.6 Å². The number of hydrogen-bond donors (Lipinski definition) is 1. The highest BCUT2D eigenvalue weighted by molar-refractivity contribution is 8.16. The summed E-state index contributed by atoms with van der Waals surface area (Å²) in [7, 11) is -3.77. The summed E-state index contributed by atoms with van der Waals surface area (Å²) in [6, 6.07) is 14.9. The zero-order valence-corrected chi connectivity index (χ0v) is 19.9. The maximum atomic E-state index is 12.7. The summed E-state index contributed by atoms with van der Waals surface area (Å²) in [5.41, 5.74) is 0.881. The molecule has 0 aromatic heterocycles. The number of carbonyl (C=O) groups excluding carboxylic acids is 2. The number of rotatable bonds is 5. The maximum absolute atomic E-state index is 12.7. The van der Waals surface area contributed by atoms with E-state index in [1.807, 2.05) is 0 Å². The van der Waals surface area contributed by atoms with E-state index in [0.717, 1.165) is 16.8 Å². The fourth-order valence-electron chi connectivity index (χ4n) is 3.25. The number of sulfone groups is 1. The third kappa shape index (κ3) is 4.85. The van der Waals surface area contributed by atoms with Gasteiger partial charge in [0.05, 0.1) is 28.8 Å². The third-order valence-corrected chi connectivity index (χ3v) is 7.49. The quantitative estimate of drug-likeness (QED) is 0.290. The Morgan fingerprint density at radius 1 is 1.15 bits per heavy atom. The molecule has 0 aliphatic carbocycles. The molecule has 0 unspecified atom stereocenters. The topological polar surface area (TPSA) is 129 Å². The van der Waals surface area contributed by atoms with Gasteiger partial charge in [0.15, 0.2) is 0 Å². The monoisotopic (exact) mass is 496 g/mol. The lowest BCUT2D eigenvalue weighted by atomic mass is 10.1. The van der Waals surface area contributed by atoms with Gasteiger partial charge in [-0.15, -0.1) is 0 Å². The van der Waals surface area contributed by atoms with Gasteiger partial charge in [-0.25, -0.2) is 18.1 Å². The van der Waals surface area contributed by atoms with Crippen LogP contribution in [0, 0.1) is 11.3 Å². The van der Waals surface area contributed by atoms with Crippen LogP contribution in [0.1, 0.15) is 29.8 Å². The fraction of sp³-hybridized carbons (Fsp3) is 0.174. The summed E-state index contributed by atoms with van der Waals surface area (Å²) in [4.78, 5) is 29.7. The van der Waals surface area contributed by atoms with Crippen LogP contribution >= 0.6 is 11.9 Å². The smallest absolute Gasteiger partial charge is 0.343 e. The van der Waals surface area contributed by atoms with Crippen molar-refractivity contribution in [1.29, 1.82) is 5.41 Å². The molecule has 9 nitrogen and oxygen atoms in total. The van der Waals surface area contributed by atoms with E-state index in [-0.39, 0.29) is 33.4 Å². The number of amidine groups is 3. The standard InChI is InChI=1S/C23H20N4O5S2/c1-14(2)13-34(30,31)23-26-33-22-25-20(28)18(19(24)27(22)23)12-15-8-10-17(11-9-15)32-21(29)16-6-4-3-5-7-16/h3-12,14,24H,13H2,1-2H3/b18-12-,24-19?. The largest absolute Gasteiger partial charge is 0.423 e. The van der Waals surface area contributed by atoms with Crippen molar-refractivity contribution in [3.8, 4) is 5.75 Å². The number of nitrogens with one attached hydrogen (secondary N) is 1. The first-order chi connectivity index (χ1) is 16.2. The second kappa shape index (κ2) is 9.35. The van der Waals surface area contributed by atoms with Crippen molar-refractivity contribution in [2.24, 2.45) is 15.3 Å². The molecule has 2 heterocycles. The molecular weight excluding hydrogens is 476 g/mol. The summed E-state index contributed by atoms with van der Waals surface area (Å²) in [5.74, 6) is -1.44. The summed E-state index contributed by atoms with van der Waals surface area (Å²) in [5, 5.41) is 8.25. The van der Waals surface area contributed by atoms with Crippen molar-refractivity contribution in [3.05, 3.63) is 71.3 Å². The van der Waals surface area contributed by atoms with Crippen LogP contribution < -0.4 is 4.74 Å². The molecule has 1 N–H and O–H groups in total. The second-order valence-electron chi connectivity index (χ2n) is 7.91. The average molecular weight is 497 g/mol. The van der Waals surface area contributed by atoms with Gasteiger partial charge in [-0.05, 0) is 41.8 Å². The summed E-state index contributed by atoms with van der Waals surface area (Å²) in [6.45, 7) is 3.54. The van der Waals surface area contributed by atoms with E-state index in [2.05, 4.69) is 9.39 Å². The van der Waals surface area contributed by atoms with Crippen molar-refractivity contribution in [2.75, 3.05) is 5.75 Å². The van der Waals surface area contributed by atoms with E-state index in [1.165, 1.54) is 6.08 Å². The number of amides is 1. The Balaban J connectivity index is 1.55. The van der Waals surface area contributed by atoms with Crippen LogP contribution in [0.15, 0.2) is 69.6 Å². The fourth-order valence-corrected chi connectivity index (χ4v) is 5.98. The highest BCUT2D eigenvalue weighted by Gasteiger charge is 2.42. The van der Waals surface area contributed by atoms with Crippen LogP contribution in [0.5, 0.6) is 5.75 Å². The van der Waals surface area contributed by atoms with Crippen LogP contribution in [0.4, 0.5) is 0 Å². The van der Waals surface area contributed by atoms with Gasteiger partial charge in [-0.2, -0.15) is 9.39 Å². The molecule has 2 aromatic rings. The van der Waals surface area contributed by atoms with Crippen LogP contribution in [0.2, 0.25) is 0 Å². The van der Waals surface area contributed by atoms with E-state index in [4.69, 9.17) is 10.1 Å². The number of ether oxygens (including phenoxy) is 1. The molecule has 0 radical (unpaired) electrons. The Bertz CT molecular complexity index is 1360. The van der Waals surface area contributed by atoms with Crippen LogP contribution in [0.25, 0.3) is 6.08 Å². The minimum Gasteiger partial charge on any atom is -0.423 e. The van der Waals surface area contributed by atoms with Crippen molar-refractivity contribution < 1.29 is 22.7 Å². The molecule has 0 saturated carbocycles. The van der Waals surface area contributed by atoms with Crippen molar-refractivity contribution in [1.82, 2.24) is 4.90 Å². The molecule has 2 aliphatic heterocycles. The summed E-state index contributed by atoms with van der Waals surface area (Å²) in [6.07, 6.45) is 1.43. The van der Waals surface area contributed by atoms with Gasteiger partial charge in [0.25, 0.3) is 5.91 Å². The van der Waals surface area contributed by atoms with E-state index in [0.29, 0.717) is 16.9 Å². The molecule has 4 rings (SSSR count). The van der Waals surface area contributed by atoms with Crippen LogP contribution in [-0.4, -0.2) is 47.1 Å². The number of nitrogens with zero attached hydrogens (tertiary/aromatic N) is 3.